The van der Waals surface area contributed by atoms with Gasteiger partial charge < -0.3 is 4.74 Å². The van der Waals surface area contributed by atoms with Gasteiger partial charge in [0.15, 0.2) is 0 Å². The maximum Gasteiger partial charge on any atom is 0.0736 e. The van der Waals surface area contributed by atoms with E-state index in [2.05, 4.69) is 29.1 Å². The molecule has 2 aromatic heterocycles. The first-order chi connectivity index (χ1) is 10.8. The fraction of sp³-hybridized carbons (Fsp3) is 0.529. The molecule has 1 atom stereocenters. The van der Waals surface area contributed by atoms with Crippen LogP contribution in [0.3, 0.4) is 0 Å². The molecule has 0 radical (unpaired) electrons. The molecule has 3 rings (SSSR count). The minimum absolute atomic E-state index is 0.355. The van der Waals surface area contributed by atoms with Crippen molar-refractivity contribution < 1.29 is 4.74 Å². The lowest BCUT2D eigenvalue weighted by Crippen LogP contribution is -2.34. The van der Waals surface area contributed by atoms with Crippen molar-refractivity contribution in [2.45, 2.75) is 39.4 Å². The van der Waals surface area contributed by atoms with Gasteiger partial charge in [-0.3, -0.25) is 14.6 Å². The van der Waals surface area contributed by atoms with Gasteiger partial charge >= 0.3 is 0 Å². The second kappa shape index (κ2) is 7.03. The van der Waals surface area contributed by atoms with Gasteiger partial charge in [0.1, 0.15) is 0 Å². The van der Waals surface area contributed by atoms with Crippen LogP contribution in [0.5, 0.6) is 0 Å². The first-order valence-electron chi connectivity index (χ1n) is 8.05. The van der Waals surface area contributed by atoms with Crippen LogP contribution in [0.2, 0.25) is 0 Å². The predicted molar refractivity (Wildman–Crippen MR) is 85.5 cm³/mol. The Hall–Kier alpha value is -1.72. The Kier molecular flexibility index (Phi) is 4.85. The highest BCUT2D eigenvalue weighted by Crippen LogP contribution is 2.28. The quantitative estimate of drug-likeness (QED) is 0.822. The van der Waals surface area contributed by atoms with Gasteiger partial charge in [-0.25, -0.2) is 0 Å². The molecule has 118 valence electrons. The number of ether oxygens (including phenoxy) is 1. The number of pyridine rings is 1. The maximum atomic E-state index is 5.68. The SMILES string of the molecule is CCOC[C@@H]1CN(Cc2cccnc2)Cc2cn(CC)nc21. The number of hydrogen-bond donors (Lipinski definition) is 0. The number of hydrogen-bond acceptors (Lipinski definition) is 4. The molecule has 1 aliphatic heterocycles. The molecule has 1 aliphatic rings. The van der Waals surface area contributed by atoms with Crippen molar-refractivity contribution in [2.24, 2.45) is 0 Å². The summed E-state index contributed by atoms with van der Waals surface area (Å²) in [6.45, 7) is 9.45. The summed E-state index contributed by atoms with van der Waals surface area (Å²) in [5.41, 5.74) is 3.81. The average Bonchev–Trinajstić information content (AvgIpc) is 2.97. The van der Waals surface area contributed by atoms with Crippen molar-refractivity contribution in [1.82, 2.24) is 19.7 Å². The molecule has 0 amide bonds. The van der Waals surface area contributed by atoms with Crippen LogP contribution in [0.25, 0.3) is 0 Å². The summed E-state index contributed by atoms with van der Waals surface area (Å²) in [4.78, 5) is 6.68. The number of fused-ring (bicyclic) bond motifs is 1. The van der Waals surface area contributed by atoms with Gasteiger partial charge in [0.2, 0.25) is 0 Å². The molecule has 0 bridgehead atoms. The summed E-state index contributed by atoms with van der Waals surface area (Å²) in [6.07, 6.45) is 5.95. The van der Waals surface area contributed by atoms with E-state index < -0.39 is 0 Å². The van der Waals surface area contributed by atoms with Crippen LogP contribution in [0.4, 0.5) is 0 Å². The summed E-state index contributed by atoms with van der Waals surface area (Å²) < 4.78 is 7.72. The van der Waals surface area contributed by atoms with Crippen molar-refractivity contribution in [3.05, 3.63) is 47.5 Å². The number of aromatic nitrogens is 3. The molecule has 2 aromatic rings. The van der Waals surface area contributed by atoms with E-state index >= 15 is 0 Å². The van der Waals surface area contributed by atoms with Crippen molar-refractivity contribution in [3.63, 3.8) is 0 Å². The fourth-order valence-electron chi connectivity index (χ4n) is 3.07. The largest absolute Gasteiger partial charge is 0.381 e. The van der Waals surface area contributed by atoms with Crippen molar-refractivity contribution in [2.75, 3.05) is 19.8 Å². The van der Waals surface area contributed by atoms with E-state index in [1.807, 2.05) is 30.1 Å². The second-order valence-corrected chi connectivity index (χ2v) is 5.78. The van der Waals surface area contributed by atoms with E-state index in [0.717, 1.165) is 39.4 Å². The molecule has 0 N–H and O–H groups in total. The summed E-state index contributed by atoms with van der Waals surface area (Å²) in [6, 6.07) is 4.13. The molecule has 0 fully saturated rings. The molecule has 5 heteroatoms. The van der Waals surface area contributed by atoms with Gasteiger partial charge in [-0.1, -0.05) is 6.07 Å². The lowest BCUT2D eigenvalue weighted by atomic mass is 9.97. The standard InChI is InChI=1S/C17H24N4O/c1-3-21-12-15-10-20(9-14-6-5-7-18-8-14)11-16(13-22-4-2)17(15)19-21/h5-8,12,16H,3-4,9-11,13H2,1-2H3/t16-/m0/s1. The fourth-order valence-corrected chi connectivity index (χ4v) is 3.07. The number of rotatable bonds is 6. The molecule has 22 heavy (non-hydrogen) atoms. The van der Waals surface area contributed by atoms with Crippen LogP contribution < -0.4 is 0 Å². The minimum atomic E-state index is 0.355. The van der Waals surface area contributed by atoms with Crippen LogP contribution in [0.15, 0.2) is 30.7 Å². The molecule has 0 aromatic carbocycles. The second-order valence-electron chi connectivity index (χ2n) is 5.78. The van der Waals surface area contributed by atoms with E-state index in [0.29, 0.717) is 5.92 Å². The molecule has 0 unspecified atom stereocenters. The van der Waals surface area contributed by atoms with Crippen molar-refractivity contribution >= 4 is 0 Å². The summed E-state index contributed by atoms with van der Waals surface area (Å²) in [7, 11) is 0. The minimum Gasteiger partial charge on any atom is -0.381 e. The maximum absolute atomic E-state index is 5.68. The van der Waals surface area contributed by atoms with E-state index in [4.69, 9.17) is 9.84 Å². The van der Waals surface area contributed by atoms with Crippen molar-refractivity contribution in [3.8, 4) is 0 Å². The Morgan fingerprint density at radius 1 is 1.36 bits per heavy atom. The van der Waals surface area contributed by atoms with Crippen LogP contribution in [0.1, 0.15) is 36.6 Å². The summed E-state index contributed by atoms with van der Waals surface area (Å²) >= 11 is 0. The molecule has 0 saturated heterocycles. The van der Waals surface area contributed by atoms with E-state index in [9.17, 15) is 0 Å². The Labute approximate surface area is 131 Å². The predicted octanol–water partition coefficient (Wildman–Crippen LogP) is 2.43. The highest BCUT2D eigenvalue weighted by Gasteiger charge is 2.28. The third-order valence-electron chi connectivity index (χ3n) is 4.11. The Morgan fingerprint density at radius 2 is 2.27 bits per heavy atom. The summed E-state index contributed by atoms with van der Waals surface area (Å²) in [5, 5.41) is 4.74. The molecular formula is C17H24N4O. The molecule has 0 aliphatic carbocycles. The lowest BCUT2D eigenvalue weighted by molar-refractivity contribution is 0.104. The third kappa shape index (κ3) is 3.36. The molecule has 0 saturated carbocycles. The highest BCUT2D eigenvalue weighted by molar-refractivity contribution is 5.25. The third-order valence-corrected chi connectivity index (χ3v) is 4.11. The van der Waals surface area contributed by atoms with Gasteiger partial charge in [0, 0.05) is 62.9 Å². The smallest absolute Gasteiger partial charge is 0.0736 e. The molecule has 3 heterocycles. The van der Waals surface area contributed by atoms with Crippen LogP contribution >= 0.6 is 0 Å². The molecule has 0 spiro atoms. The zero-order chi connectivity index (χ0) is 15.4. The first-order valence-corrected chi connectivity index (χ1v) is 8.05. The zero-order valence-corrected chi connectivity index (χ0v) is 13.4. The van der Waals surface area contributed by atoms with Crippen molar-refractivity contribution in [1.29, 1.82) is 0 Å². The Morgan fingerprint density at radius 3 is 3.00 bits per heavy atom. The normalized spacial score (nSPS) is 18.4. The van der Waals surface area contributed by atoms with E-state index in [-0.39, 0.29) is 0 Å². The van der Waals surface area contributed by atoms with Crippen LogP contribution in [-0.2, 0) is 24.4 Å². The van der Waals surface area contributed by atoms with E-state index in [1.54, 1.807) is 0 Å². The van der Waals surface area contributed by atoms with Gasteiger partial charge in [-0.05, 0) is 25.5 Å². The summed E-state index contributed by atoms with van der Waals surface area (Å²) in [5.74, 6) is 0.355. The van der Waals surface area contributed by atoms with Crippen LogP contribution in [0, 0.1) is 0 Å². The lowest BCUT2D eigenvalue weighted by Gasteiger charge is -2.31. The topological polar surface area (TPSA) is 43.2 Å². The Bertz CT molecular complexity index is 596. The van der Waals surface area contributed by atoms with Gasteiger partial charge in [-0.2, -0.15) is 5.10 Å². The highest BCUT2D eigenvalue weighted by atomic mass is 16.5. The number of aryl methyl sites for hydroxylation is 1. The van der Waals surface area contributed by atoms with Crippen LogP contribution in [-0.4, -0.2) is 39.4 Å². The monoisotopic (exact) mass is 300 g/mol. The zero-order valence-electron chi connectivity index (χ0n) is 13.4. The first kappa shape index (κ1) is 15.2. The molecular weight excluding hydrogens is 276 g/mol. The van der Waals surface area contributed by atoms with Gasteiger partial charge in [0.25, 0.3) is 0 Å². The molecule has 5 nitrogen and oxygen atoms in total. The Balaban J connectivity index is 1.77. The average molecular weight is 300 g/mol. The number of nitrogens with zero attached hydrogens (tertiary/aromatic N) is 4. The van der Waals surface area contributed by atoms with Gasteiger partial charge in [0.05, 0.1) is 12.3 Å². The van der Waals surface area contributed by atoms with Gasteiger partial charge in [-0.15, -0.1) is 0 Å². The van der Waals surface area contributed by atoms with E-state index in [1.165, 1.54) is 16.8 Å².